The Bertz CT molecular complexity index is 1240. The predicted molar refractivity (Wildman–Crippen MR) is 124 cm³/mol. The first-order valence-electron chi connectivity index (χ1n) is 10.1. The number of nitrogens with one attached hydrogen (secondary N) is 2. The minimum absolute atomic E-state index is 0.176. The maximum absolute atomic E-state index is 12.6. The molecule has 0 unspecified atom stereocenters. The van der Waals surface area contributed by atoms with E-state index in [2.05, 4.69) is 10.0 Å². The van der Waals surface area contributed by atoms with Crippen LogP contribution in [0.5, 0.6) is 5.75 Å². The summed E-state index contributed by atoms with van der Waals surface area (Å²) in [5.74, 6) is -0.740. The van der Waals surface area contributed by atoms with Crippen molar-refractivity contribution in [3.63, 3.8) is 0 Å². The number of carbonyl (C=O) groups is 1. The van der Waals surface area contributed by atoms with Crippen LogP contribution in [-0.2, 0) is 10.0 Å². The Balaban J connectivity index is 1.66. The van der Waals surface area contributed by atoms with Crippen LogP contribution in [0.2, 0.25) is 0 Å². The summed E-state index contributed by atoms with van der Waals surface area (Å²) in [5, 5.41) is 23.4. The van der Waals surface area contributed by atoms with E-state index in [1.807, 2.05) is 37.3 Å². The van der Waals surface area contributed by atoms with Crippen molar-refractivity contribution in [2.45, 2.75) is 24.2 Å². The topological polar surface area (TPSA) is 139 Å². The Labute approximate surface area is 191 Å². The molecule has 0 saturated carbocycles. The highest BCUT2D eigenvalue weighted by atomic mass is 32.2. The number of phenols is 1. The molecule has 172 valence electrons. The first-order valence-corrected chi connectivity index (χ1v) is 11.6. The Hall–Kier alpha value is -3.92. The van der Waals surface area contributed by atoms with E-state index in [1.54, 1.807) is 0 Å². The lowest BCUT2D eigenvalue weighted by atomic mass is 9.96. The summed E-state index contributed by atoms with van der Waals surface area (Å²) in [6.07, 6.45) is 0.862. The molecule has 1 amide bonds. The van der Waals surface area contributed by atoms with Gasteiger partial charge in [0.25, 0.3) is 15.9 Å². The van der Waals surface area contributed by atoms with Crippen LogP contribution in [0.15, 0.2) is 77.7 Å². The molecule has 0 saturated heterocycles. The summed E-state index contributed by atoms with van der Waals surface area (Å²) in [5.41, 5.74) is 0.962. The Kier molecular flexibility index (Phi) is 7.29. The monoisotopic (exact) mass is 469 g/mol. The smallest absolute Gasteiger partial charge is 0.312 e. The molecule has 3 aromatic rings. The van der Waals surface area contributed by atoms with E-state index >= 15 is 0 Å². The highest BCUT2D eigenvalue weighted by Gasteiger charge is 2.21. The van der Waals surface area contributed by atoms with Crippen LogP contribution in [0, 0.1) is 10.1 Å². The van der Waals surface area contributed by atoms with Crippen molar-refractivity contribution in [2.24, 2.45) is 0 Å². The molecule has 33 heavy (non-hydrogen) atoms. The number of hydrogen-bond acceptors (Lipinski definition) is 6. The second-order valence-electron chi connectivity index (χ2n) is 7.32. The standard InChI is InChI=1S/C23H23N3O6S/c1-2-16(17-6-4-3-5-7-17)15-24-23(28)18-8-10-19(11-9-18)25-33(31,32)20-12-13-22(27)21(14-20)26(29)30/h3-14,16,25,27H,2,15H2,1H3,(H,24,28)/t16-/m1/s1. The van der Waals surface area contributed by atoms with E-state index in [9.17, 15) is 28.4 Å². The van der Waals surface area contributed by atoms with E-state index in [4.69, 9.17) is 0 Å². The number of nitro benzene ring substituents is 1. The summed E-state index contributed by atoms with van der Waals surface area (Å²) < 4.78 is 27.4. The number of anilines is 1. The molecule has 0 radical (unpaired) electrons. The third kappa shape index (κ3) is 5.86. The highest BCUT2D eigenvalue weighted by molar-refractivity contribution is 7.92. The number of nitro groups is 1. The van der Waals surface area contributed by atoms with Gasteiger partial charge in [-0.15, -0.1) is 0 Å². The van der Waals surface area contributed by atoms with E-state index < -0.39 is 26.4 Å². The van der Waals surface area contributed by atoms with Crippen molar-refractivity contribution in [2.75, 3.05) is 11.3 Å². The second-order valence-corrected chi connectivity index (χ2v) is 9.00. The first kappa shape index (κ1) is 23.7. The van der Waals surface area contributed by atoms with Crippen LogP contribution in [0.25, 0.3) is 0 Å². The lowest BCUT2D eigenvalue weighted by Gasteiger charge is -2.16. The van der Waals surface area contributed by atoms with Crippen molar-refractivity contribution in [3.05, 3.63) is 94.0 Å². The van der Waals surface area contributed by atoms with Crippen molar-refractivity contribution < 1.29 is 23.2 Å². The van der Waals surface area contributed by atoms with Gasteiger partial charge in [-0.05, 0) is 48.4 Å². The molecule has 3 aromatic carbocycles. The van der Waals surface area contributed by atoms with Crippen LogP contribution in [-0.4, -0.2) is 30.9 Å². The van der Waals surface area contributed by atoms with Gasteiger partial charge in [0, 0.05) is 29.8 Å². The molecule has 0 spiro atoms. The molecule has 0 heterocycles. The number of aromatic hydroxyl groups is 1. The molecule has 0 aliphatic carbocycles. The van der Waals surface area contributed by atoms with Gasteiger partial charge >= 0.3 is 5.69 Å². The summed E-state index contributed by atoms with van der Waals surface area (Å²) in [6, 6.07) is 18.5. The fourth-order valence-electron chi connectivity index (χ4n) is 3.26. The molecular weight excluding hydrogens is 446 g/mol. The molecule has 3 N–H and O–H groups in total. The molecule has 0 aromatic heterocycles. The molecular formula is C23H23N3O6S. The van der Waals surface area contributed by atoms with E-state index in [1.165, 1.54) is 24.3 Å². The Morgan fingerprint density at radius 3 is 2.33 bits per heavy atom. The number of nitrogens with zero attached hydrogens (tertiary/aromatic N) is 1. The van der Waals surface area contributed by atoms with Crippen LogP contribution >= 0.6 is 0 Å². The average molecular weight is 470 g/mol. The molecule has 10 heteroatoms. The van der Waals surface area contributed by atoms with E-state index in [0.717, 1.165) is 30.2 Å². The third-order valence-corrected chi connectivity index (χ3v) is 6.50. The van der Waals surface area contributed by atoms with Gasteiger partial charge in [0.1, 0.15) is 0 Å². The molecule has 0 aliphatic rings. The first-order chi connectivity index (χ1) is 15.7. The maximum Gasteiger partial charge on any atom is 0.312 e. The molecule has 0 bridgehead atoms. The number of rotatable bonds is 9. The van der Waals surface area contributed by atoms with Crippen molar-refractivity contribution in [1.82, 2.24) is 5.32 Å². The average Bonchev–Trinajstić information content (AvgIpc) is 2.80. The van der Waals surface area contributed by atoms with E-state index in [0.29, 0.717) is 12.1 Å². The quantitative estimate of drug-likeness (QED) is 0.319. The molecule has 9 nitrogen and oxygen atoms in total. The van der Waals surface area contributed by atoms with Crippen LogP contribution in [0.1, 0.15) is 35.2 Å². The van der Waals surface area contributed by atoms with Crippen molar-refractivity contribution in [3.8, 4) is 5.75 Å². The van der Waals surface area contributed by atoms with Crippen molar-refractivity contribution >= 4 is 27.3 Å². The second kappa shape index (κ2) is 10.1. The SMILES string of the molecule is CC[C@H](CNC(=O)c1ccc(NS(=O)(=O)c2ccc(O)c([N+](=O)[O-])c2)cc1)c1ccccc1. The molecule has 3 rings (SSSR count). The van der Waals surface area contributed by atoms with Gasteiger partial charge in [-0.1, -0.05) is 37.3 Å². The fourth-order valence-corrected chi connectivity index (χ4v) is 4.34. The number of amides is 1. The minimum atomic E-state index is -4.14. The highest BCUT2D eigenvalue weighted by Crippen LogP contribution is 2.29. The summed E-state index contributed by atoms with van der Waals surface area (Å²) in [4.78, 5) is 22.2. The fraction of sp³-hybridized carbons (Fsp3) is 0.174. The Morgan fingerprint density at radius 2 is 1.73 bits per heavy atom. The minimum Gasteiger partial charge on any atom is -0.502 e. The number of phenolic OH excluding ortho intramolecular Hbond substituents is 1. The lowest BCUT2D eigenvalue weighted by Crippen LogP contribution is -2.28. The third-order valence-electron chi connectivity index (χ3n) is 5.13. The molecule has 0 fully saturated rings. The maximum atomic E-state index is 12.6. The Morgan fingerprint density at radius 1 is 1.06 bits per heavy atom. The summed E-state index contributed by atoms with van der Waals surface area (Å²) >= 11 is 0. The number of sulfonamides is 1. The van der Waals surface area contributed by atoms with Crippen LogP contribution < -0.4 is 10.0 Å². The largest absolute Gasteiger partial charge is 0.502 e. The summed E-state index contributed by atoms with van der Waals surface area (Å²) in [6.45, 7) is 2.51. The molecule has 0 aliphatic heterocycles. The van der Waals surface area contributed by atoms with Gasteiger partial charge in [-0.3, -0.25) is 19.6 Å². The zero-order chi connectivity index (χ0) is 24.0. The van der Waals surface area contributed by atoms with E-state index in [-0.39, 0.29) is 22.4 Å². The van der Waals surface area contributed by atoms with Gasteiger partial charge in [-0.2, -0.15) is 0 Å². The number of benzene rings is 3. The number of carbonyl (C=O) groups excluding carboxylic acids is 1. The lowest BCUT2D eigenvalue weighted by molar-refractivity contribution is -0.386. The zero-order valence-corrected chi connectivity index (χ0v) is 18.6. The van der Waals surface area contributed by atoms with Gasteiger partial charge < -0.3 is 10.4 Å². The van der Waals surface area contributed by atoms with Gasteiger partial charge in [-0.25, -0.2) is 8.42 Å². The van der Waals surface area contributed by atoms with Gasteiger partial charge in [0.15, 0.2) is 5.75 Å². The number of hydrogen-bond donors (Lipinski definition) is 3. The van der Waals surface area contributed by atoms with Crippen LogP contribution in [0.3, 0.4) is 0 Å². The molecule has 1 atom stereocenters. The normalized spacial score (nSPS) is 12.0. The summed E-state index contributed by atoms with van der Waals surface area (Å²) in [7, 11) is -4.14. The van der Waals surface area contributed by atoms with Gasteiger partial charge in [0.2, 0.25) is 0 Å². The van der Waals surface area contributed by atoms with Crippen LogP contribution in [0.4, 0.5) is 11.4 Å². The van der Waals surface area contributed by atoms with Gasteiger partial charge in [0.05, 0.1) is 9.82 Å². The zero-order valence-electron chi connectivity index (χ0n) is 17.8. The van der Waals surface area contributed by atoms with Crippen molar-refractivity contribution in [1.29, 1.82) is 0 Å². The predicted octanol–water partition coefficient (Wildman–Crippen LogP) is 4.02.